The lowest BCUT2D eigenvalue weighted by Crippen LogP contribution is -2.03. The van der Waals surface area contributed by atoms with Crippen LogP contribution < -0.4 is 10.6 Å². The first-order valence-corrected chi connectivity index (χ1v) is 5.03. The molecule has 1 aliphatic rings. The van der Waals surface area contributed by atoms with Crippen LogP contribution >= 0.6 is 0 Å². The minimum absolute atomic E-state index is 1.10. The molecule has 1 aromatic rings. The number of para-hydroxylation sites is 2. The van der Waals surface area contributed by atoms with Gasteiger partial charge in [-0.2, -0.15) is 0 Å². The highest BCUT2D eigenvalue weighted by atomic mass is 15.0. The fraction of sp³-hybridized carbons (Fsp3) is 0.455. The molecule has 2 heteroatoms. The third kappa shape index (κ3) is 2.14. The van der Waals surface area contributed by atoms with E-state index < -0.39 is 0 Å². The number of hydrogen-bond donors (Lipinski definition) is 2. The Bertz CT molecular complexity index is 244. The van der Waals surface area contributed by atoms with Gasteiger partial charge in [0.15, 0.2) is 0 Å². The number of nitrogens with one attached hydrogen (secondary N) is 2. The minimum Gasteiger partial charge on any atom is -0.383 e. The van der Waals surface area contributed by atoms with Gasteiger partial charge in [-0.25, -0.2) is 0 Å². The standard InChI is InChI=1S/C11H16N2/c1-4-8-12-10-6-2-3-7-11(10)13-9-5-1/h2-3,6-7,12-13H,1,4-5,8-9H2. The van der Waals surface area contributed by atoms with Gasteiger partial charge in [0.25, 0.3) is 0 Å². The molecule has 0 saturated carbocycles. The lowest BCUT2D eigenvalue weighted by molar-refractivity contribution is 0.726. The first-order chi connectivity index (χ1) is 6.47. The van der Waals surface area contributed by atoms with Crippen molar-refractivity contribution in [3.05, 3.63) is 24.3 Å². The van der Waals surface area contributed by atoms with Crippen molar-refractivity contribution in [1.82, 2.24) is 0 Å². The number of hydrogen-bond acceptors (Lipinski definition) is 2. The molecule has 2 N–H and O–H groups in total. The Kier molecular flexibility index (Phi) is 2.70. The number of benzene rings is 1. The molecule has 0 amide bonds. The summed E-state index contributed by atoms with van der Waals surface area (Å²) in [6.45, 7) is 2.19. The van der Waals surface area contributed by atoms with Gasteiger partial charge in [0.05, 0.1) is 11.4 Å². The van der Waals surface area contributed by atoms with E-state index in [9.17, 15) is 0 Å². The lowest BCUT2D eigenvalue weighted by atomic mass is 10.2. The molecule has 1 aromatic carbocycles. The average Bonchev–Trinajstić information content (AvgIpc) is 2.28. The van der Waals surface area contributed by atoms with Crippen LogP contribution in [-0.2, 0) is 0 Å². The molecule has 1 aliphatic heterocycles. The van der Waals surface area contributed by atoms with Crippen molar-refractivity contribution in [1.29, 1.82) is 0 Å². The summed E-state index contributed by atoms with van der Waals surface area (Å²) < 4.78 is 0. The van der Waals surface area contributed by atoms with E-state index in [1.54, 1.807) is 0 Å². The molecule has 0 aliphatic carbocycles. The molecule has 0 bridgehead atoms. The maximum Gasteiger partial charge on any atom is 0.0575 e. The second kappa shape index (κ2) is 4.17. The summed E-state index contributed by atoms with van der Waals surface area (Å²) in [6.07, 6.45) is 3.86. The lowest BCUT2D eigenvalue weighted by Gasteiger charge is -2.10. The number of fused-ring (bicyclic) bond motifs is 1. The predicted molar refractivity (Wildman–Crippen MR) is 57.3 cm³/mol. The van der Waals surface area contributed by atoms with Gasteiger partial charge in [0.1, 0.15) is 0 Å². The van der Waals surface area contributed by atoms with Crippen molar-refractivity contribution in [3.8, 4) is 0 Å². The average molecular weight is 176 g/mol. The quantitative estimate of drug-likeness (QED) is 0.635. The van der Waals surface area contributed by atoms with Crippen molar-refractivity contribution in [2.24, 2.45) is 0 Å². The Morgan fingerprint density at radius 2 is 1.31 bits per heavy atom. The molecule has 0 aromatic heterocycles. The van der Waals surface area contributed by atoms with Gasteiger partial charge in [-0.15, -0.1) is 0 Å². The third-order valence-electron chi connectivity index (χ3n) is 2.41. The molecule has 0 spiro atoms. The van der Waals surface area contributed by atoms with Gasteiger partial charge in [-0.3, -0.25) is 0 Å². The summed E-state index contributed by atoms with van der Waals surface area (Å²) in [7, 11) is 0. The maximum atomic E-state index is 3.44. The van der Waals surface area contributed by atoms with Gasteiger partial charge < -0.3 is 10.6 Å². The van der Waals surface area contributed by atoms with Crippen LogP contribution in [0.2, 0.25) is 0 Å². The van der Waals surface area contributed by atoms with Crippen molar-refractivity contribution < 1.29 is 0 Å². The van der Waals surface area contributed by atoms with E-state index in [1.807, 2.05) is 0 Å². The molecule has 0 radical (unpaired) electrons. The van der Waals surface area contributed by atoms with E-state index in [2.05, 4.69) is 34.9 Å². The van der Waals surface area contributed by atoms with Crippen molar-refractivity contribution >= 4 is 11.4 Å². The van der Waals surface area contributed by atoms with Crippen LogP contribution in [0.25, 0.3) is 0 Å². The second-order valence-electron chi connectivity index (χ2n) is 3.46. The zero-order chi connectivity index (χ0) is 8.93. The molecule has 0 atom stereocenters. The first-order valence-electron chi connectivity index (χ1n) is 5.03. The van der Waals surface area contributed by atoms with E-state index in [0.29, 0.717) is 0 Å². The van der Waals surface area contributed by atoms with Crippen molar-refractivity contribution in [2.45, 2.75) is 19.3 Å². The molecule has 0 fully saturated rings. The van der Waals surface area contributed by atoms with Crippen LogP contribution in [0, 0.1) is 0 Å². The predicted octanol–water partition coefficient (Wildman–Crippen LogP) is 2.69. The third-order valence-corrected chi connectivity index (χ3v) is 2.41. The molecule has 0 unspecified atom stereocenters. The first kappa shape index (κ1) is 8.42. The van der Waals surface area contributed by atoms with Crippen molar-refractivity contribution in [3.63, 3.8) is 0 Å². The topological polar surface area (TPSA) is 24.1 Å². The molecule has 70 valence electrons. The normalized spacial score (nSPS) is 16.9. The Labute approximate surface area is 79.4 Å². The van der Waals surface area contributed by atoms with Crippen LogP contribution in [0.3, 0.4) is 0 Å². The zero-order valence-corrected chi connectivity index (χ0v) is 7.84. The fourth-order valence-electron chi connectivity index (χ4n) is 1.66. The van der Waals surface area contributed by atoms with E-state index in [4.69, 9.17) is 0 Å². The molecule has 1 heterocycles. The molecule has 13 heavy (non-hydrogen) atoms. The smallest absolute Gasteiger partial charge is 0.0575 e. The summed E-state index contributed by atoms with van der Waals surface area (Å²) in [4.78, 5) is 0. The van der Waals surface area contributed by atoms with E-state index >= 15 is 0 Å². The second-order valence-corrected chi connectivity index (χ2v) is 3.46. The van der Waals surface area contributed by atoms with E-state index in [1.165, 1.54) is 30.6 Å². The Balaban J connectivity index is 2.17. The Hall–Kier alpha value is -1.18. The van der Waals surface area contributed by atoms with Gasteiger partial charge in [0.2, 0.25) is 0 Å². The molecule has 0 saturated heterocycles. The van der Waals surface area contributed by atoms with Crippen LogP contribution in [-0.4, -0.2) is 13.1 Å². The van der Waals surface area contributed by atoms with Crippen molar-refractivity contribution in [2.75, 3.05) is 23.7 Å². The van der Waals surface area contributed by atoms with Crippen LogP contribution in [0.1, 0.15) is 19.3 Å². The summed E-state index contributed by atoms with van der Waals surface area (Å²) in [5.74, 6) is 0. The van der Waals surface area contributed by atoms with Crippen LogP contribution in [0.5, 0.6) is 0 Å². The highest BCUT2D eigenvalue weighted by Gasteiger charge is 2.02. The van der Waals surface area contributed by atoms with Gasteiger partial charge in [-0.05, 0) is 31.4 Å². The minimum atomic E-state index is 1.10. The van der Waals surface area contributed by atoms with Gasteiger partial charge in [-0.1, -0.05) is 12.1 Å². The summed E-state index contributed by atoms with van der Waals surface area (Å²) in [5, 5.41) is 6.89. The van der Waals surface area contributed by atoms with Gasteiger partial charge >= 0.3 is 0 Å². The van der Waals surface area contributed by atoms with Crippen LogP contribution in [0.4, 0.5) is 11.4 Å². The molecule has 2 nitrogen and oxygen atoms in total. The van der Waals surface area contributed by atoms with E-state index in [0.717, 1.165) is 13.1 Å². The van der Waals surface area contributed by atoms with Crippen LogP contribution in [0.15, 0.2) is 24.3 Å². The SMILES string of the molecule is c1ccc2c(c1)NCCCCCN2. The Morgan fingerprint density at radius 1 is 0.769 bits per heavy atom. The Morgan fingerprint density at radius 3 is 1.85 bits per heavy atom. The molecular formula is C11H16N2. The maximum absolute atomic E-state index is 3.44. The molecule has 2 rings (SSSR count). The number of rotatable bonds is 0. The summed E-state index contributed by atoms with van der Waals surface area (Å²) in [5.41, 5.74) is 2.48. The number of anilines is 2. The highest BCUT2D eigenvalue weighted by Crippen LogP contribution is 2.21. The van der Waals surface area contributed by atoms with E-state index in [-0.39, 0.29) is 0 Å². The fourth-order valence-corrected chi connectivity index (χ4v) is 1.66. The summed E-state index contributed by atoms with van der Waals surface area (Å²) in [6, 6.07) is 8.41. The summed E-state index contributed by atoms with van der Waals surface area (Å²) >= 11 is 0. The molecular weight excluding hydrogens is 160 g/mol. The van der Waals surface area contributed by atoms with Gasteiger partial charge in [0, 0.05) is 13.1 Å². The monoisotopic (exact) mass is 176 g/mol. The highest BCUT2D eigenvalue weighted by molar-refractivity contribution is 5.68. The zero-order valence-electron chi connectivity index (χ0n) is 7.84. The largest absolute Gasteiger partial charge is 0.383 e.